The molecule has 0 bridgehead atoms. The van der Waals surface area contributed by atoms with Gasteiger partial charge in [0.25, 0.3) is 0 Å². The van der Waals surface area contributed by atoms with E-state index in [-0.39, 0.29) is 5.54 Å². The van der Waals surface area contributed by atoms with Crippen LogP contribution < -0.4 is 5.73 Å². The maximum Gasteiger partial charge on any atom is 0.0264 e. The van der Waals surface area contributed by atoms with Gasteiger partial charge in [-0.2, -0.15) is 0 Å². The number of hydrogen-bond acceptors (Lipinski definition) is 1. The van der Waals surface area contributed by atoms with E-state index in [1.165, 1.54) is 9.13 Å². The first-order valence-corrected chi connectivity index (χ1v) is 5.94. The van der Waals surface area contributed by atoms with E-state index in [0.29, 0.717) is 0 Å². The van der Waals surface area contributed by atoms with Crippen molar-refractivity contribution in [3.63, 3.8) is 0 Å². The fourth-order valence-corrected chi connectivity index (χ4v) is 2.23. The van der Waals surface area contributed by atoms with Gasteiger partial charge < -0.3 is 5.73 Å². The molecule has 1 aromatic rings. The summed E-state index contributed by atoms with van der Waals surface area (Å²) < 4.78 is 1.28. The van der Waals surface area contributed by atoms with Gasteiger partial charge in [-0.25, -0.2) is 0 Å². The molecule has 0 fully saturated rings. The molecule has 0 aromatic heterocycles. The molecule has 1 aliphatic rings. The number of rotatable bonds is 2. The lowest BCUT2D eigenvalue weighted by molar-refractivity contribution is 0.453. The van der Waals surface area contributed by atoms with Crippen LogP contribution in [0, 0.1) is 3.57 Å². The monoisotopic (exact) mass is 299 g/mol. The van der Waals surface area contributed by atoms with Crippen LogP contribution in [0.15, 0.2) is 36.4 Å². The highest BCUT2D eigenvalue weighted by atomic mass is 127. The van der Waals surface area contributed by atoms with E-state index in [4.69, 9.17) is 5.73 Å². The third-order valence-corrected chi connectivity index (χ3v) is 3.40. The van der Waals surface area contributed by atoms with Crippen molar-refractivity contribution in [3.8, 4) is 0 Å². The summed E-state index contributed by atoms with van der Waals surface area (Å²) in [6.45, 7) is 0. The molecule has 1 nitrogen and oxygen atoms in total. The Morgan fingerprint density at radius 2 is 1.71 bits per heavy atom. The van der Waals surface area contributed by atoms with Gasteiger partial charge in [-0.1, -0.05) is 24.3 Å². The highest BCUT2D eigenvalue weighted by Crippen LogP contribution is 2.25. The molecular weight excluding hydrogens is 285 g/mol. The Hall–Kier alpha value is -0.350. The fraction of sp³-hybridized carbons (Fsp3) is 0.333. The van der Waals surface area contributed by atoms with Gasteiger partial charge >= 0.3 is 0 Å². The van der Waals surface area contributed by atoms with Crippen molar-refractivity contribution in [2.24, 2.45) is 5.73 Å². The van der Waals surface area contributed by atoms with Crippen LogP contribution in [0.5, 0.6) is 0 Å². The van der Waals surface area contributed by atoms with Crippen LogP contribution in [-0.2, 0) is 6.42 Å². The summed E-state index contributed by atoms with van der Waals surface area (Å²) in [6, 6.07) is 8.63. The minimum atomic E-state index is -0.0210. The number of hydrogen-bond donors (Lipinski definition) is 1. The third kappa shape index (κ3) is 2.36. The average Bonchev–Trinajstić information content (AvgIpc) is 2.57. The molecule has 0 amide bonds. The summed E-state index contributed by atoms with van der Waals surface area (Å²) in [6.07, 6.45) is 7.38. The van der Waals surface area contributed by atoms with Crippen molar-refractivity contribution >= 4 is 22.6 Å². The Morgan fingerprint density at radius 3 is 2.29 bits per heavy atom. The molecule has 74 valence electrons. The molecule has 0 saturated carbocycles. The van der Waals surface area contributed by atoms with Gasteiger partial charge in [-0.3, -0.25) is 0 Å². The van der Waals surface area contributed by atoms with Crippen LogP contribution in [0.4, 0.5) is 0 Å². The smallest absolute Gasteiger partial charge is 0.0264 e. The highest BCUT2D eigenvalue weighted by Gasteiger charge is 2.25. The van der Waals surface area contributed by atoms with Gasteiger partial charge in [0.15, 0.2) is 0 Å². The predicted molar refractivity (Wildman–Crippen MR) is 68.2 cm³/mol. The zero-order valence-electron chi connectivity index (χ0n) is 8.04. The lowest BCUT2D eigenvalue weighted by atomic mass is 9.90. The van der Waals surface area contributed by atoms with Crippen molar-refractivity contribution in [1.29, 1.82) is 0 Å². The molecule has 0 unspecified atom stereocenters. The molecular formula is C12H14IN. The second-order valence-electron chi connectivity index (χ2n) is 4.05. The molecule has 14 heavy (non-hydrogen) atoms. The van der Waals surface area contributed by atoms with Crippen molar-refractivity contribution in [2.75, 3.05) is 0 Å². The lowest BCUT2D eigenvalue weighted by Gasteiger charge is -2.23. The molecule has 1 aliphatic carbocycles. The van der Waals surface area contributed by atoms with E-state index < -0.39 is 0 Å². The minimum Gasteiger partial charge on any atom is -0.324 e. The third-order valence-electron chi connectivity index (χ3n) is 2.68. The Morgan fingerprint density at radius 1 is 1.14 bits per heavy atom. The molecule has 0 aliphatic heterocycles. The Balaban J connectivity index is 2.07. The van der Waals surface area contributed by atoms with Gasteiger partial charge in [0.1, 0.15) is 0 Å². The second-order valence-corrected chi connectivity index (χ2v) is 5.29. The largest absolute Gasteiger partial charge is 0.324 e. The topological polar surface area (TPSA) is 26.0 Å². The molecule has 2 heteroatoms. The standard InChI is InChI=1S/C12H14IN/c13-11-5-3-10(4-6-11)9-12(14)7-1-2-8-12/h1-6H,7-9,14H2. The normalized spacial score (nSPS) is 18.7. The van der Waals surface area contributed by atoms with Crippen LogP contribution in [0.2, 0.25) is 0 Å². The van der Waals surface area contributed by atoms with Crippen LogP contribution in [-0.4, -0.2) is 5.54 Å². The molecule has 0 saturated heterocycles. The first kappa shape index (κ1) is 10.2. The molecule has 1 aromatic carbocycles. The summed E-state index contributed by atoms with van der Waals surface area (Å²) in [4.78, 5) is 0. The van der Waals surface area contributed by atoms with Crippen LogP contribution in [0.1, 0.15) is 18.4 Å². The van der Waals surface area contributed by atoms with E-state index in [0.717, 1.165) is 19.3 Å². The van der Waals surface area contributed by atoms with Gasteiger partial charge in [0, 0.05) is 9.11 Å². The summed E-state index contributed by atoms with van der Waals surface area (Å²) in [5.41, 5.74) is 7.59. The van der Waals surface area contributed by atoms with E-state index in [1.54, 1.807) is 0 Å². The summed E-state index contributed by atoms with van der Waals surface area (Å²) in [5, 5.41) is 0. The Labute approximate surface area is 98.5 Å². The lowest BCUT2D eigenvalue weighted by Crippen LogP contribution is -2.39. The van der Waals surface area contributed by atoms with E-state index in [1.807, 2.05) is 0 Å². The fourth-order valence-electron chi connectivity index (χ4n) is 1.87. The van der Waals surface area contributed by atoms with Gasteiger partial charge in [-0.05, 0) is 59.5 Å². The molecule has 0 heterocycles. The van der Waals surface area contributed by atoms with Crippen molar-refractivity contribution in [2.45, 2.75) is 24.8 Å². The molecule has 0 radical (unpaired) electrons. The summed E-state index contributed by atoms with van der Waals surface area (Å²) in [7, 11) is 0. The van der Waals surface area contributed by atoms with Crippen molar-refractivity contribution in [1.82, 2.24) is 0 Å². The summed E-state index contributed by atoms with van der Waals surface area (Å²) in [5.74, 6) is 0. The van der Waals surface area contributed by atoms with Crippen LogP contribution in [0.3, 0.4) is 0 Å². The number of benzene rings is 1. The van der Waals surface area contributed by atoms with Crippen molar-refractivity contribution in [3.05, 3.63) is 45.6 Å². The highest BCUT2D eigenvalue weighted by molar-refractivity contribution is 14.1. The van der Waals surface area contributed by atoms with Crippen LogP contribution >= 0.6 is 22.6 Å². The quantitative estimate of drug-likeness (QED) is 0.659. The maximum absolute atomic E-state index is 6.26. The SMILES string of the molecule is NC1(Cc2ccc(I)cc2)CC=CC1. The molecule has 0 spiro atoms. The van der Waals surface area contributed by atoms with E-state index in [9.17, 15) is 0 Å². The van der Waals surface area contributed by atoms with Gasteiger partial charge in [0.05, 0.1) is 0 Å². The molecule has 2 rings (SSSR count). The minimum absolute atomic E-state index is 0.0210. The Kier molecular flexibility index (Phi) is 2.93. The van der Waals surface area contributed by atoms with E-state index in [2.05, 4.69) is 59.0 Å². The zero-order chi connectivity index (χ0) is 10.0. The van der Waals surface area contributed by atoms with Crippen molar-refractivity contribution < 1.29 is 0 Å². The number of halogens is 1. The zero-order valence-corrected chi connectivity index (χ0v) is 10.2. The molecule has 0 atom stereocenters. The van der Waals surface area contributed by atoms with E-state index >= 15 is 0 Å². The second kappa shape index (κ2) is 4.03. The van der Waals surface area contributed by atoms with Gasteiger partial charge in [0.2, 0.25) is 0 Å². The average molecular weight is 299 g/mol. The first-order valence-electron chi connectivity index (χ1n) is 4.86. The van der Waals surface area contributed by atoms with Crippen LogP contribution in [0.25, 0.3) is 0 Å². The summed E-state index contributed by atoms with van der Waals surface area (Å²) >= 11 is 2.32. The van der Waals surface area contributed by atoms with Gasteiger partial charge in [-0.15, -0.1) is 0 Å². The maximum atomic E-state index is 6.26. The first-order chi connectivity index (χ1) is 6.68. The molecule has 2 N–H and O–H groups in total. The Bertz CT molecular complexity index is 332. The number of nitrogens with two attached hydrogens (primary N) is 1. The predicted octanol–water partition coefficient (Wildman–Crippen LogP) is 2.88.